The van der Waals surface area contributed by atoms with E-state index in [-0.39, 0.29) is 11.0 Å². The monoisotopic (exact) mass is 139 g/mol. The molecule has 0 radical (unpaired) electrons. The average molecular weight is 139 g/mol. The Morgan fingerprint density at radius 1 is 1.00 bits per heavy atom. The predicted octanol–water partition coefficient (Wildman–Crippen LogP) is -0.0911. The van der Waals surface area contributed by atoms with E-state index in [0.717, 1.165) is 0 Å². The van der Waals surface area contributed by atoms with Crippen molar-refractivity contribution in [2.45, 2.75) is 0 Å². The Kier molecular flexibility index (Phi) is 6.58. The summed E-state index contributed by atoms with van der Waals surface area (Å²) >= 11 is 0. The van der Waals surface area contributed by atoms with E-state index in [4.69, 9.17) is 5.26 Å². The van der Waals surface area contributed by atoms with Crippen molar-refractivity contribution in [3.63, 3.8) is 0 Å². The number of rotatable bonds is 0. The normalized spacial score (nSPS) is 6.30. The smallest absolute Gasteiger partial charge is 0.0991 e. The van der Waals surface area contributed by atoms with Crippen LogP contribution in [0.15, 0.2) is 30.3 Å². The van der Waals surface area contributed by atoms with Gasteiger partial charge in [-0.1, -0.05) is 18.2 Å². The molecule has 0 saturated heterocycles. The highest BCUT2D eigenvalue weighted by Crippen LogP contribution is 1.92. The fraction of sp³-hybridized carbons (Fsp3) is 0. The number of hydrogen-bond donors (Lipinski definition) is 0. The van der Waals surface area contributed by atoms with Crippen LogP contribution in [0.1, 0.15) is 5.56 Å². The van der Waals surface area contributed by atoms with Crippen LogP contribution in [0.4, 0.5) is 0 Å². The van der Waals surface area contributed by atoms with Crippen LogP contribution in [0.5, 0.6) is 0 Å². The lowest BCUT2D eigenvalue weighted by atomic mass is 10.2. The standard InChI is InChI=1S/C7H5N.2H2O/c8-6-7-4-2-1-3-5-7;;/h1-5H;2*1H2. The highest BCUT2D eigenvalue weighted by atomic mass is 16.0. The Bertz CT molecular complexity index is 203. The summed E-state index contributed by atoms with van der Waals surface area (Å²) in [4.78, 5) is 0. The molecule has 0 aliphatic heterocycles. The first-order valence-electron chi connectivity index (χ1n) is 2.38. The SMILES string of the molecule is N#Cc1ccccc1.O.O. The van der Waals surface area contributed by atoms with Gasteiger partial charge in [-0.3, -0.25) is 0 Å². The molecule has 3 nitrogen and oxygen atoms in total. The third kappa shape index (κ3) is 2.82. The Hall–Kier alpha value is -1.37. The predicted molar refractivity (Wildman–Crippen MR) is 38.4 cm³/mol. The summed E-state index contributed by atoms with van der Waals surface area (Å²) in [5.74, 6) is 0. The molecular formula is C7H9NO2. The number of nitrogens with zero attached hydrogens (tertiary/aromatic N) is 1. The first-order valence-corrected chi connectivity index (χ1v) is 2.38. The number of hydrogen-bond acceptors (Lipinski definition) is 1. The molecule has 0 aliphatic rings. The molecular weight excluding hydrogens is 130 g/mol. The number of benzene rings is 1. The van der Waals surface area contributed by atoms with Crippen LogP contribution in [0, 0.1) is 11.3 Å². The zero-order valence-corrected chi connectivity index (χ0v) is 5.33. The summed E-state index contributed by atoms with van der Waals surface area (Å²) < 4.78 is 0. The van der Waals surface area contributed by atoms with Crippen molar-refractivity contribution in [3.05, 3.63) is 35.9 Å². The van der Waals surface area contributed by atoms with Crippen molar-refractivity contribution in [3.8, 4) is 6.07 Å². The van der Waals surface area contributed by atoms with E-state index in [1.54, 1.807) is 12.1 Å². The molecule has 0 bridgehead atoms. The van der Waals surface area contributed by atoms with Crippen molar-refractivity contribution in [1.29, 1.82) is 5.26 Å². The van der Waals surface area contributed by atoms with Gasteiger partial charge in [-0.15, -0.1) is 0 Å². The van der Waals surface area contributed by atoms with Gasteiger partial charge in [0.05, 0.1) is 11.6 Å². The van der Waals surface area contributed by atoms with E-state index in [1.165, 1.54) is 0 Å². The van der Waals surface area contributed by atoms with Gasteiger partial charge in [0.1, 0.15) is 0 Å². The van der Waals surface area contributed by atoms with E-state index >= 15 is 0 Å². The van der Waals surface area contributed by atoms with Crippen LogP contribution < -0.4 is 0 Å². The minimum atomic E-state index is 0. The molecule has 0 fully saturated rings. The second-order valence-corrected chi connectivity index (χ2v) is 1.48. The van der Waals surface area contributed by atoms with Crippen LogP contribution >= 0.6 is 0 Å². The molecule has 4 N–H and O–H groups in total. The highest BCUT2D eigenvalue weighted by Gasteiger charge is 1.79. The molecule has 0 aliphatic carbocycles. The van der Waals surface area contributed by atoms with Crippen molar-refractivity contribution >= 4 is 0 Å². The van der Waals surface area contributed by atoms with Gasteiger partial charge in [-0.2, -0.15) is 5.26 Å². The van der Waals surface area contributed by atoms with Crippen molar-refractivity contribution in [2.75, 3.05) is 0 Å². The molecule has 0 amide bonds. The van der Waals surface area contributed by atoms with E-state index in [9.17, 15) is 0 Å². The maximum absolute atomic E-state index is 8.29. The summed E-state index contributed by atoms with van der Waals surface area (Å²) in [7, 11) is 0. The molecule has 0 saturated carbocycles. The Morgan fingerprint density at radius 3 is 1.80 bits per heavy atom. The molecule has 0 unspecified atom stereocenters. The minimum absolute atomic E-state index is 0. The van der Waals surface area contributed by atoms with Crippen LogP contribution in [0.3, 0.4) is 0 Å². The summed E-state index contributed by atoms with van der Waals surface area (Å²) in [6, 6.07) is 11.2. The van der Waals surface area contributed by atoms with Crippen LogP contribution in [-0.4, -0.2) is 11.0 Å². The van der Waals surface area contributed by atoms with Gasteiger partial charge in [0.2, 0.25) is 0 Å². The van der Waals surface area contributed by atoms with Crippen LogP contribution in [0.2, 0.25) is 0 Å². The summed E-state index contributed by atoms with van der Waals surface area (Å²) in [5, 5.41) is 8.29. The zero-order valence-electron chi connectivity index (χ0n) is 5.33. The van der Waals surface area contributed by atoms with Gasteiger partial charge in [0.15, 0.2) is 0 Å². The van der Waals surface area contributed by atoms with E-state index < -0.39 is 0 Å². The first kappa shape index (κ1) is 11.4. The van der Waals surface area contributed by atoms with Gasteiger partial charge in [0, 0.05) is 0 Å². The zero-order chi connectivity index (χ0) is 5.82. The van der Waals surface area contributed by atoms with Gasteiger partial charge >= 0.3 is 0 Å². The largest absolute Gasteiger partial charge is 0.412 e. The Balaban J connectivity index is 0. The van der Waals surface area contributed by atoms with Gasteiger partial charge < -0.3 is 11.0 Å². The third-order valence-corrected chi connectivity index (χ3v) is 0.903. The lowest BCUT2D eigenvalue weighted by Crippen LogP contribution is -1.66. The molecule has 10 heavy (non-hydrogen) atoms. The lowest BCUT2D eigenvalue weighted by molar-refractivity contribution is 0.823. The minimum Gasteiger partial charge on any atom is -0.412 e. The fourth-order valence-corrected chi connectivity index (χ4v) is 0.513. The first-order chi connectivity index (χ1) is 3.93. The van der Waals surface area contributed by atoms with Gasteiger partial charge in [0.25, 0.3) is 0 Å². The highest BCUT2D eigenvalue weighted by molar-refractivity contribution is 5.27. The third-order valence-electron chi connectivity index (χ3n) is 0.903. The van der Waals surface area contributed by atoms with Gasteiger partial charge in [-0.05, 0) is 12.1 Å². The molecule has 0 heterocycles. The van der Waals surface area contributed by atoms with Crippen molar-refractivity contribution in [2.24, 2.45) is 0 Å². The lowest BCUT2D eigenvalue weighted by Gasteiger charge is -1.80. The molecule has 1 aromatic carbocycles. The fourth-order valence-electron chi connectivity index (χ4n) is 0.513. The Morgan fingerprint density at radius 2 is 1.50 bits per heavy atom. The average Bonchev–Trinajstić information content (AvgIpc) is 1.90. The van der Waals surface area contributed by atoms with Crippen molar-refractivity contribution < 1.29 is 11.0 Å². The topological polar surface area (TPSA) is 86.8 Å². The van der Waals surface area contributed by atoms with Crippen molar-refractivity contribution in [1.82, 2.24) is 0 Å². The Labute approximate surface area is 59.2 Å². The summed E-state index contributed by atoms with van der Waals surface area (Å²) in [6.07, 6.45) is 0. The van der Waals surface area contributed by atoms with Crippen LogP contribution in [0.25, 0.3) is 0 Å². The van der Waals surface area contributed by atoms with Crippen LogP contribution in [-0.2, 0) is 0 Å². The summed E-state index contributed by atoms with van der Waals surface area (Å²) in [5.41, 5.74) is 0.715. The maximum atomic E-state index is 8.29. The molecule has 54 valence electrons. The quantitative estimate of drug-likeness (QED) is 0.494. The second kappa shape index (κ2) is 5.76. The molecule has 0 spiro atoms. The number of nitriles is 1. The maximum Gasteiger partial charge on any atom is 0.0991 e. The molecule has 0 atom stereocenters. The van der Waals surface area contributed by atoms with Gasteiger partial charge in [-0.25, -0.2) is 0 Å². The van der Waals surface area contributed by atoms with E-state index in [0.29, 0.717) is 5.56 Å². The van der Waals surface area contributed by atoms with E-state index in [1.807, 2.05) is 24.3 Å². The molecule has 1 rings (SSSR count). The molecule has 3 heteroatoms. The summed E-state index contributed by atoms with van der Waals surface area (Å²) in [6.45, 7) is 0. The molecule has 1 aromatic rings. The molecule has 0 aromatic heterocycles. The second-order valence-electron chi connectivity index (χ2n) is 1.48. The van der Waals surface area contributed by atoms with E-state index in [2.05, 4.69) is 0 Å².